The molecule has 0 aliphatic heterocycles. The molecule has 3 N–H and O–H groups in total. The number of alkyl halides is 3. The summed E-state index contributed by atoms with van der Waals surface area (Å²) in [5, 5.41) is 11.2. The van der Waals surface area contributed by atoms with E-state index in [4.69, 9.17) is 10.9 Å². The largest absolute Gasteiger partial charge is 0.409 e. The summed E-state index contributed by atoms with van der Waals surface area (Å²) in [6.07, 6.45) is -3.03. The molecule has 1 heterocycles. The predicted octanol–water partition coefficient (Wildman–Crippen LogP) is 1.17. The first-order chi connectivity index (χ1) is 7.83. The summed E-state index contributed by atoms with van der Waals surface area (Å²) in [4.78, 5) is 4.70. The van der Waals surface area contributed by atoms with Crippen LogP contribution in [0.15, 0.2) is 23.5 Å². The molecular weight excluding hydrogens is 237 g/mol. The maximum Gasteiger partial charge on any atom is 0.405 e. The van der Waals surface area contributed by atoms with Gasteiger partial charge in [0.05, 0.1) is 0 Å². The molecule has 0 radical (unpaired) electrons. The molecule has 1 aromatic rings. The molecule has 8 heteroatoms. The van der Waals surface area contributed by atoms with Gasteiger partial charge in [-0.2, -0.15) is 13.2 Å². The number of halogens is 3. The normalized spacial score (nSPS) is 12.6. The molecular formula is C9H11F3N4O. The van der Waals surface area contributed by atoms with E-state index in [1.165, 1.54) is 25.4 Å². The highest BCUT2D eigenvalue weighted by Gasteiger charge is 2.29. The van der Waals surface area contributed by atoms with E-state index in [-0.39, 0.29) is 11.7 Å². The highest BCUT2D eigenvalue weighted by Crippen LogP contribution is 2.19. The second kappa shape index (κ2) is 4.89. The van der Waals surface area contributed by atoms with Crippen LogP contribution >= 0.6 is 0 Å². The number of rotatable bonds is 3. The number of oxime groups is 1. The standard InChI is InChI=1S/C9H11F3N4O/c1-16(5-9(10,11)12)7-4-6(2-3-14-7)8(13)15-17/h2-4,17H,5H2,1H3,(H2,13,15). The number of hydrogen-bond donors (Lipinski definition) is 2. The van der Waals surface area contributed by atoms with Crippen molar-refractivity contribution < 1.29 is 18.4 Å². The second-order valence-corrected chi connectivity index (χ2v) is 3.36. The first-order valence-corrected chi connectivity index (χ1v) is 4.55. The van der Waals surface area contributed by atoms with Crippen molar-refractivity contribution in [2.24, 2.45) is 10.9 Å². The number of nitrogens with two attached hydrogens (primary N) is 1. The lowest BCUT2D eigenvalue weighted by Gasteiger charge is -2.20. The van der Waals surface area contributed by atoms with E-state index < -0.39 is 12.7 Å². The molecule has 0 aliphatic rings. The Balaban J connectivity index is 2.92. The van der Waals surface area contributed by atoms with Gasteiger partial charge in [0.1, 0.15) is 12.4 Å². The molecule has 0 unspecified atom stereocenters. The number of anilines is 1. The fourth-order valence-corrected chi connectivity index (χ4v) is 1.19. The van der Waals surface area contributed by atoms with Crippen LogP contribution in [0.25, 0.3) is 0 Å². The summed E-state index contributed by atoms with van der Waals surface area (Å²) in [7, 11) is 1.26. The minimum atomic E-state index is -4.32. The molecule has 0 aromatic carbocycles. The van der Waals surface area contributed by atoms with Crippen LogP contribution in [0, 0.1) is 0 Å². The van der Waals surface area contributed by atoms with Crippen LogP contribution in [0.4, 0.5) is 19.0 Å². The number of pyridine rings is 1. The van der Waals surface area contributed by atoms with E-state index in [0.29, 0.717) is 5.56 Å². The van der Waals surface area contributed by atoms with Gasteiger partial charge in [0.2, 0.25) is 0 Å². The Bertz CT molecular complexity index is 419. The summed E-state index contributed by atoms with van der Waals surface area (Å²) in [6.45, 7) is -1.13. The van der Waals surface area contributed by atoms with Crippen LogP contribution in [0.3, 0.4) is 0 Å². The molecule has 0 bridgehead atoms. The highest BCUT2D eigenvalue weighted by atomic mass is 19.4. The monoisotopic (exact) mass is 248 g/mol. The maximum absolute atomic E-state index is 12.2. The fraction of sp³-hybridized carbons (Fsp3) is 0.333. The van der Waals surface area contributed by atoms with Crippen molar-refractivity contribution in [3.63, 3.8) is 0 Å². The summed E-state index contributed by atoms with van der Waals surface area (Å²) >= 11 is 0. The van der Waals surface area contributed by atoms with Gasteiger partial charge in [-0.15, -0.1) is 0 Å². The third-order valence-corrected chi connectivity index (χ3v) is 1.96. The summed E-state index contributed by atoms with van der Waals surface area (Å²) in [5.41, 5.74) is 5.62. The molecule has 0 spiro atoms. The van der Waals surface area contributed by atoms with Crippen LogP contribution in [-0.4, -0.2) is 35.8 Å². The first kappa shape index (κ1) is 13.1. The molecule has 1 rings (SSSR count). The predicted molar refractivity (Wildman–Crippen MR) is 56.1 cm³/mol. The molecule has 5 nitrogen and oxygen atoms in total. The van der Waals surface area contributed by atoms with Crippen LogP contribution in [0.1, 0.15) is 5.56 Å². The lowest BCUT2D eigenvalue weighted by molar-refractivity contribution is -0.119. The van der Waals surface area contributed by atoms with E-state index >= 15 is 0 Å². The Labute approximate surface area is 95.4 Å². The fourth-order valence-electron chi connectivity index (χ4n) is 1.19. The lowest BCUT2D eigenvalue weighted by atomic mass is 10.2. The van der Waals surface area contributed by atoms with E-state index in [1.807, 2.05) is 0 Å². The van der Waals surface area contributed by atoms with Crippen molar-refractivity contribution >= 4 is 11.7 Å². The number of amidine groups is 1. The third kappa shape index (κ3) is 3.82. The summed E-state index contributed by atoms with van der Waals surface area (Å²) in [6, 6.07) is 2.74. The Kier molecular flexibility index (Phi) is 3.77. The zero-order chi connectivity index (χ0) is 13.1. The lowest BCUT2D eigenvalue weighted by Crippen LogP contribution is -2.31. The first-order valence-electron chi connectivity index (χ1n) is 4.55. The Morgan fingerprint density at radius 1 is 1.59 bits per heavy atom. The van der Waals surface area contributed by atoms with Gasteiger partial charge in [-0.25, -0.2) is 4.98 Å². The van der Waals surface area contributed by atoms with Gasteiger partial charge in [0, 0.05) is 18.8 Å². The van der Waals surface area contributed by atoms with E-state index in [9.17, 15) is 13.2 Å². The van der Waals surface area contributed by atoms with Crippen LogP contribution in [0.5, 0.6) is 0 Å². The van der Waals surface area contributed by atoms with Crippen LogP contribution in [-0.2, 0) is 0 Å². The molecule has 0 saturated carbocycles. The van der Waals surface area contributed by atoms with Gasteiger partial charge in [0.25, 0.3) is 0 Å². The highest BCUT2D eigenvalue weighted by molar-refractivity contribution is 5.97. The maximum atomic E-state index is 12.2. The molecule has 0 fully saturated rings. The third-order valence-electron chi connectivity index (χ3n) is 1.96. The zero-order valence-corrected chi connectivity index (χ0v) is 8.94. The number of aromatic nitrogens is 1. The van der Waals surface area contributed by atoms with Gasteiger partial charge in [-0.05, 0) is 12.1 Å². The van der Waals surface area contributed by atoms with E-state index in [1.54, 1.807) is 0 Å². The average Bonchev–Trinajstić information content (AvgIpc) is 2.26. The molecule has 17 heavy (non-hydrogen) atoms. The molecule has 0 amide bonds. The SMILES string of the molecule is CN(CC(F)(F)F)c1cc(/C(N)=N/O)ccn1. The number of nitrogens with zero attached hydrogens (tertiary/aromatic N) is 3. The Hall–Kier alpha value is -1.99. The van der Waals surface area contributed by atoms with Crippen LogP contribution < -0.4 is 10.6 Å². The van der Waals surface area contributed by atoms with Crippen molar-refractivity contribution in [3.8, 4) is 0 Å². The van der Waals surface area contributed by atoms with Gasteiger partial charge in [0.15, 0.2) is 5.84 Å². The minimum Gasteiger partial charge on any atom is -0.409 e. The van der Waals surface area contributed by atoms with Crippen molar-refractivity contribution in [2.45, 2.75) is 6.18 Å². The minimum absolute atomic E-state index is 0.0893. The van der Waals surface area contributed by atoms with E-state index in [0.717, 1.165) is 4.90 Å². The smallest absolute Gasteiger partial charge is 0.405 e. The van der Waals surface area contributed by atoms with Crippen LogP contribution in [0.2, 0.25) is 0 Å². The zero-order valence-electron chi connectivity index (χ0n) is 8.94. The molecule has 1 aromatic heterocycles. The summed E-state index contributed by atoms with van der Waals surface area (Å²) in [5.74, 6) is -0.0968. The van der Waals surface area contributed by atoms with Crippen molar-refractivity contribution in [1.82, 2.24) is 4.98 Å². The van der Waals surface area contributed by atoms with E-state index in [2.05, 4.69) is 10.1 Å². The van der Waals surface area contributed by atoms with Crippen molar-refractivity contribution in [2.75, 3.05) is 18.5 Å². The van der Waals surface area contributed by atoms with Gasteiger partial charge >= 0.3 is 6.18 Å². The quantitative estimate of drug-likeness (QED) is 0.364. The summed E-state index contributed by atoms with van der Waals surface area (Å²) < 4.78 is 36.5. The molecule has 0 saturated heterocycles. The number of hydrogen-bond acceptors (Lipinski definition) is 4. The van der Waals surface area contributed by atoms with Crippen molar-refractivity contribution in [3.05, 3.63) is 23.9 Å². The Morgan fingerprint density at radius 2 is 2.24 bits per heavy atom. The van der Waals surface area contributed by atoms with Gasteiger partial charge < -0.3 is 15.8 Å². The average molecular weight is 248 g/mol. The van der Waals surface area contributed by atoms with Crippen molar-refractivity contribution in [1.29, 1.82) is 0 Å². The second-order valence-electron chi connectivity index (χ2n) is 3.36. The molecule has 0 aliphatic carbocycles. The molecule has 0 atom stereocenters. The van der Waals surface area contributed by atoms with Gasteiger partial charge in [-0.1, -0.05) is 5.16 Å². The molecule has 94 valence electrons. The van der Waals surface area contributed by atoms with Gasteiger partial charge in [-0.3, -0.25) is 0 Å². The Morgan fingerprint density at radius 3 is 2.76 bits per heavy atom. The topological polar surface area (TPSA) is 74.7 Å².